The predicted octanol–water partition coefficient (Wildman–Crippen LogP) is 7.23. The van der Waals surface area contributed by atoms with Crippen molar-refractivity contribution < 1.29 is 9.59 Å². The number of nitrogens with zero attached hydrogens (tertiary/aromatic N) is 2. The predicted molar refractivity (Wildman–Crippen MR) is 161 cm³/mol. The van der Waals surface area contributed by atoms with E-state index in [9.17, 15) is 9.59 Å². The van der Waals surface area contributed by atoms with Gasteiger partial charge in [-0.2, -0.15) is 0 Å². The molecule has 40 heavy (non-hydrogen) atoms. The Hall–Kier alpha value is -3.96. The molecule has 1 N–H and O–H groups in total. The van der Waals surface area contributed by atoms with Crippen molar-refractivity contribution in [3.05, 3.63) is 119 Å². The fraction of sp³-hybridized carbons (Fsp3) is 0.265. The largest absolute Gasteiger partial charge is 0.352 e. The molecule has 3 heterocycles. The monoisotopic (exact) mass is 549 g/mol. The highest BCUT2D eigenvalue weighted by molar-refractivity contribution is 6.31. The molecule has 2 aliphatic rings. The van der Waals surface area contributed by atoms with Gasteiger partial charge in [0.2, 0.25) is 11.7 Å². The Morgan fingerprint density at radius 1 is 0.950 bits per heavy atom. The Labute approximate surface area is 239 Å². The zero-order chi connectivity index (χ0) is 27.5. The summed E-state index contributed by atoms with van der Waals surface area (Å²) < 4.78 is 0. The van der Waals surface area contributed by atoms with Crippen LogP contribution >= 0.6 is 11.6 Å². The quantitative estimate of drug-likeness (QED) is 0.235. The Morgan fingerprint density at radius 3 is 2.25 bits per heavy atom. The maximum atomic E-state index is 13.6. The van der Waals surface area contributed by atoms with E-state index in [1.165, 1.54) is 11.1 Å². The molecule has 1 amide bonds. The Kier molecular flexibility index (Phi) is 7.40. The van der Waals surface area contributed by atoms with E-state index < -0.39 is 5.54 Å². The molecule has 0 aliphatic carbocycles. The highest BCUT2D eigenvalue weighted by Gasteiger charge is 2.39. The number of halogens is 1. The lowest BCUT2D eigenvalue weighted by molar-refractivity contribution is -0.132. The number of hydrogen-bond acceptors (Lipinski definition) is 3. The van der Waals surface area contributed by atoms with Crippen LogP contribution in [-0.4, -0.2) is 46.4 Å². The van der Waals surface area contributed by atoms with Crippen LogP contribution in [0.25, 0.3) is 10.9 Å². The van der Waals surface area contributed by atoms with Gasteiger partial charge in [-0.25, -0.2) is 0 Å². The van der Waals surface area contributed by atoms with Crippen LogP contribution in [0.4, 0.5) is 0 Å². The summed E-state index contributed by atoms with van der Waals surface area (Å²) in [5.74, 6) is 0.717. The number of rotatable bonds is 8. The number of likely N-dealkylation sites (tertiary alicyclic amines) is 1. The molecule has 3 aromatic carbocycles. The lowest BCUT2D eigenvalue weighted by Gasteiger charge is -2.37. The first kappa shape index (κ1) is 26.3. The second-order valence-electron chi connectivity index (χ2n) is 10.8. The van der Waals surface area contributed by atoms with Gasteiger partial charge in [-0.3, -0.25) is 14.6 Å². The van der Waals surface area contributed by atoms with Crippen LogP contribution in [0.1, 0.15) is 53.2 Å². The van der Waals surface area contributed by atoms with Crippen LogP contribution in [0.2, 0.25) is 5.02 Å². The summed E-state index contributed by atoms with van der Waals surface area (Å²) in [5.41, 5.74) is 2.90. The summed E-state index contributed by atoms with van der Waals surface area (Å²) >= 11 is 6.13. The number of aliphatic imine (C=N–C) groups is 1. The van der Waals surface area contributed by atoms with E-state index in [1.807, 2.05) is 29.2 Å². The Bertz CT molecular complexity index is 1520. The van der Waals surface area contributed by atoms with Gasteiger partial charge in [-0.1, -0.05) is 72.3 Å². The average Bonchev–Trinajstić information content (AvgIpc) is 3.65. The minimum absolute atomic E-state index is 0.0838. The van der Waals surface area contributed by atoms with Gasteiger partial charge in [0, 0.05) is 47.6 Å². The third-order valence-electron chi connectivity index (χ3n) is 8.38. The van der Waals surface area contributed by atoms with E-state index in [0.717, 1.165) is 36.8 Å². The van der Waals surface area contributed by atoms with E-state index in [2.05, 4.69) is 70.6 Å². The van der Waals surface area contributed by atoms with Gasteiger partial charge in [-0.15, -0.1) is 0 Å². The molecule has 4 aromatic rings. The maximum Gasteiger partial charge on any atom is 0.222 e. The number of hydrogen-bond donors (Lipinski definition) is 1. The number of H-pyrrole nitrogens is 1. The lowest BCUT2D eigenvalue weighted by Crippen LogP contribution is -2.41. The molecule has 1 unspecified atom stereocenters. The third kappa shape index (κ3) is 5.26. The molecule has 1 atom stereocenters. The molecular formula is C34H32ClN3O2. The molecule has 2 aliphatic heterocycles. The van der Waals surface area contributed by atoms with Gasteiger partial charge in [-0.05, 0) is 72.7 Å². The molecule has 0 radical (unpaired) electrons. The van der Waals surface area contributed by atoms with Gasteiger partial charge in [0.1, 0.15) is 5.54 Å². The molecular weight excluding hydrogens is 518 g/mol. The van der Waals surface area contributed by atoms with Crippen molar-refractivity contribution in [3.8, 4) is 0 Å². The van der Waals surface area contributed by atoms with E-state index in [0.29, 0.717) is 29.0 Å². The van der Waals surface area contributed by atoms with Gasteiger partial charge in [0.25, 0.3) is 0 Å². The number of piperidine rings is 1. The van der Waals surface area contributed by atoms with E-state index in [1.54, 1.807) is 18.4 Å². The molecule has 5 nitrogen and oxygen atoms in total. The topological polar surface area (TPSA) is 65.5 Å². The number of allylic oxidation sites excluding steroid dienone is 1. The van der Waals surface area contributed by atoms with Crippen molar-refractivity contribution in [1.29, 1.82) is 0 Å². The first-order valence-electron chi connectivity index (χ1n) is 14.0. The standard InChI is InChI=1S/C34H32ClN3O2/c35-28-12-13-29-27(22-28)23-30(37-29)33(40)34(17-7-19-36-34)18-14-31(39)38-20-15-26(16-21-38)32(24-8-3-1-4-9-24)25-10-5-2-6-11-25/h1-13,17,19,22-23,26,32,37H,14-16,18,20-21H2. The number of carbonyl (C=O) groups excluding carboxylic acids is 2. The molecule has 1 fully saturated rings. The zero-order valence-electron chi connectivity index (χ0n) is 22.3. The number of benzene rings is 3. The summed E-state index contributed by atoms with van der Waals surface area (Å²) in [5, 5.41) is 1.49. The van der Waals surface area contributed by atoms with Crippen LogP contribution in [0.15, 0.2) is 102 Å². The van der Waals surface area contributed by atoms with Crippen molar-refractivity contribution in [3.63, 3.8) is 0 Å². The number of aromatic nitrogens is 1. The minimum atomic E-state index is -1.07. The maximum absolute atomic E-state index is 13.6. The van der Waals surface area contributed by atoms with Crippen molar-refractivity contribution >= 4 is 40.4 Å². The number of fused-ring (bicyclic) bond motifs is 1. The summed E-state index contributed by atoms with van der Waals surface area (Å²) in [6, 6.07) is 28.7. The third-order valence-corrected chi connectivity index (χ3v) is 8.62. The summed E-state index contributed by atoms with van der Waals surface area (Å²) in [4.78, 5) is 36.7. The van der Waals surface area contributed by atoms with E-state index in [-0.39, 0.29) is 18.1 Å². The van der Waals surface area contributed by atoms with Crippen molar-refractivity contribution in [2.24, 2.45) is 10.9 Å². The second kappa shape index (κ2) is 11.3. The van der Waals surface area contributed by atoms with Gasteiger partial charge < -0.3 is 9.88 Å². The van der Waals surface area contributed by atoms with Crippen molar-refractivity contribution in [2.75, 3.05) is 13.1 Å². The number of Topliss-reactive ketones (excluding diaryl/α,β-unsaturated/α-hetero) is 1. The molecule has 6 rings (SSSR count). The molecule has 0 saturated carbocycles. The highest BCUT2D eigenvalue weighted by atomic mass is 35.5. The SMILES string of the molecule is O=C(CCC1(C(=O)c2cc3cc(Cl)ccc3[nH]2)C=CC=N1)N1CCC(C(c2ccccc2)c2ccccc2)CC1. The number of aromatic amines is 1. The molecule has 6 heteroatoms. The van der Waals surface area contributed by atoms with Crippen molar-refractivity contribution in [2.45, 2.75) is 37.1 Å². The van der Waals surface area contributed by atoms with Gasteiger partial charge in [0.05, 0.1) is 5.69 Å². The van der Waals surface area contributed by atoms with Crippen LogP contribution < -0.4 is 0 Å². The second-order valence-corrected chi connectivity index (χ2v) is 11.3. The lowest BCUT2D eigenvalue weighted by atomic mass is 9.76. The minimum Gasteiger partial charge on any atom is -0.352 e. The van der Waals surface area contributed by atoms with Crippen LogP contribution in [0, 0.1) is 5.92 Å². The molecule has 0 bridgehead atoms. The first-order chi connectivity index (χ1) is 19.5. The number of nitrogens with one attached hydrogen (secondary N) is 1. The molecule has 1 aromatic heterocycles. The van der Waals surface area contributed by atoms with Gasteiger partial charge >= 0.3 is 0 Å². The van der Waals surface area contributed by atoms with Crippen LogP contribution in [-0.2, 0) is 4.79 Å². The number of ketones is 1. The summed E-state index contributed by atoms with van der Waals surface area (Å²) in [6.07, 6.45) is 7.76. The Morgan fingerprint density at radius 2 is 1.62 bits per heavy atom. The van der Waals surface area contributed by atoms with E-state index in [4.69, 9.17) is 11.6 Å². The Balaban J connectivity index is 1.12. The van der Waals surface area contributed by atoms with Crippen molar-refractivity contribution in [1.82, 2.24) is 9.88 Å². The molecule has 0 spiro atoms. The fourth-order valence-corrected chi connectivity index (χ4v) is 6.45. The fourth-order valence-electron chi connectivity index (χ4n) is 6.27. The zero-order valence-corrected chi connectivity index (χ0v) is 23.1. The van der Waals surface area contributed by atoms with Crippen LogP contribution in [0.5, 0.6) is 0 Å². The van der Waals surface area contributed by atoms with Gasteiger partial charge in [0.15, 0.2) is 0 Å². The number of carbonyl (C=O) groups is 2. The highest BCUT2D eigenvalue weighted by Crippen LogP contribution is 2.38. The number of amides is 1. The smallest absolute Gasteiger partial charge is 0.222 e. The van der Waals surface area contributed by atoms with Crippen LogP contribution in [0.3, 0.4) is 0 Å². The molecule has 1 saturated heterocycles. The summed E-state index contributed by atoms with van der Waals surface area (Å²) in [7, 11) is 0. The average molecular weight is 550 g/mol. The normalized spacial score (nSPS) is 19.1. The van der Waals surface area contributed by atoms with E-state index >= 15 is 0 Å². The first-order valence-corrected chi connectivity index (χ1v) is 14.3. The summed E-state index contributed by atoms with van der Waals surface area (Å²) in [6.45, 7) is 1.45. The molecule has 202 valence electrons.